The van der Waals surface area contributed by atoms with Gasteiger partial charge in [-0.3, -0.25) is 9.67 Å². The predicted molar refractivity (Wildman–Crippen MR) is 108 cm³/mol. The van der Waals surface area contributed by atoms with E-state index in [9.17, 15) is 0 Å². The van der Waals surface area contributed by atoms with Crippen molar-refractivity contribution in [2.75, 3.05) is 51.8 Å². The fraction of sp³-hybridized carbons (Fsp3) is 0.529. The van der Waals surface area contributed by atoms with E-state index in [2.05, 4.69) is 51.1 Å². The first kappa shape index (κ1) is 19.4. The van der Waals surface area contributed by atoms with Gasteiger partial charge < -0.3 is 19.9 Å². The highest BCUT2D eigenvalue weighted by Crippen LogP contribution is 2.23. The highest BCUT2D eigenvalue weighted by molar-refractivity contribution is 9.10. The number of guanidine groups is 1. The minimum atomic E-state index is 0.553. The number of nitrogens with zero attached hydrogens (tertiary/aromatic N) is 7. The van der Waals surface area contributed by atoms with Crippen molar-refractivity contribution in [2.45, 2.75) is 13.0 Å². The third-order valence-electron chi connectivity index (χ3n) is 4.37. The average Bonchev–Trinajstić information content (AvgIpc) is 3.22. The van der Waals surface area contributed by atoms with Gasteiger partial charge in [-0.1, -0.05) is 0 Å². The van der Waals surface area contributed by atoms with Crippen LogP contribution in [0.25, 0.3) is 0 Å². The van der Waals surface area contributed by atoms with Crippen LogP contribution in [-0.4, -0.2) is 77.5 Å². The maximum atomic E-state index is 5.26. The van der Waals surface area contributed by atoms with Gasteiger partial charge in [-0.2, -0.15) is 10.1 Å². The van der Waals surface area contributed by atoms with Crippen molar-refractivity contribution >= 4 is 27.8 Å². The summed E-state index contributed by atoms with van der Waals surface area (Å²) in [6, 6.07) is 1.94. The second kappa shape index (κ2) is 9.54. The highest BCUT2D eigenvalue weighted by Gasteiger charge is 2.22. The van der Waals surface area contributed by atoms with Crippen LogP contribution in [0.15, 0.2) is 34.1 Å². The number of aliphatic imine (C=N–C) groups is 1. The van der Waals surface area contributed by atoms with E-state index in [1.165, 1.54) is 0 Å². The number of hydrogen-bond donors (Lipinski definition) is 1. The van der Waals surface area contributed by atoms with Crippen LogP contribution in [0.3, 0.4) is 0 Å². The first-order valence-corrected chi connectivity index (χ1v) is 9.75. The van der Waals surface area contributed by atoms with E-state index in [0.29, 0.717) is 11.8 Å². The molecule has 0 unspecified atom stereocenters. The fourth-order valence-corrected chi connectivity index (χ4v) is 3.32. The Balaban J connectivity index is 1.47. The van der Waals surface area contributed by atoms with E-state index >= 15 is 0 Å². The largest absolute Gasteiger partial charge is 0.480 e. The Hall–Kier alpha value is -2.36. The van der Waals surface area contributed by atoms with Crippen molar-refractivity contribution in [1.29, 1.82) is 0 Å². The van der Waals surface area contributed by atoms with Crippen LogP contribution < -0.4 is 15.0 Å². The topological polar surface area (TPSA) is 83.7 Å². The van der Waals surface area contributed by atoms with Gasteiger partial charge >= 0.3 is 0 Å². The molecule has 0 atom stereocenters. The van der Waals surface area contributed by atoms with Gasteiger partial charge in [0.2, 0.25) is 11.8 Å². The number of rotatable bonds is 6. The van der Waals surface area contributed by atoms with Crippen LogP contribution in [-0.2, 0) is 6.54 Å². The van der Waals surface area contributed by atoms with Gasteiger partial charge in [0.15, 0.2) is 5.96 Å². The predicted octanol–water partition coefficient (Wildman–Crippen LogP) is 1.23. The summed E-state index contributed by atoms with van der Waals surface area (Å²) in [6.45, 7) is 5.14. The summed E-state index contributed by atoms with van der Waals surface area (Å²) in [5.41, 5.74) is 0. The van der Waals surface area contributed by atoms with Crippen molar-refractivity contribution in [1.82, 2.24) is 30.0 Å². The molecule has 0 aliphatic carbocycles. The van der Waals surface area contributed by atoms with E-state index < -0.39 is 0 Å². The lowest BCUT2D eigenvalue weighted by molar-refractivity contribution is 0.365. The number of nitrogens with one attached hydrogen (secondary N) is 1. The molecule has 1 aliphatic rings. The van der Waals surface area contributed by atoms with Crippen LogP contribution in [0, 0.1) is 0 Å². The lowest BCUT2D eigenvalue weighted by Crippen LogP contribution is -2.53. The molecular formula is C17H25BrN8O. The van der Waals surface area contributed by atoms with E-state index in [1.54, 1.807) is 19.5 Å². The number of methoxy groups -OCH3 is 1. The van der Waals surface area contributed by atoms with Gasteiger partial charge in [-0.25, -0.2) is 4.98 Å². The standard InChI is InChI=1S/C17H25BrN8O/c1-19-16(20-5-3-7-26-8-4-6-22-26)24-9-11-25(12-10-24)17-21-13-14(18)15(23-17)27-2/h4,6,8,13H,3,5,7,9-12H2,1-2H3,(H,19,20). The maximum absolute atomic E-state index is 5.26. The molecule has 10 heteroatoms. The summed E-state index contributed by atoms with van der Waals surface area (Å²) >= 11 is 3.39. The molecule has 0 saturated carbocycles. The van der Waals surface area contributed by atoms with Gasteiger partial charge in [-0.05, 0) is 28.4 Å². The van der Waals surface area contributed by atoms with Crippen molar-refractivity contribution in [2.24, 2.45) is 4.99 Å². The molecule has 146 valence electrons. The molecule has 3 heterocycles. The van der Waals surface area contributed by atoms with Crippen molar-refractivity contribution < 1.29 is 4.74 Å². The molecule has 0 bridgehead atoms. The Kier molecular flexibility index (Phi) is 6.86. The van der Waals surface area contributed by atoms with E-state index in [0.717, 1.165) is 56.1 Å². The van der Waals surface area contributed by atoms with E-state index in [4.69, 9.17) is 4.74 Å². The second-order valence-electron chi connectivity index (χ2n) is 6.10. The quantitative estimate of drug-likeness (QED) is 0.414. The second-order valence-corrected chi connectivity index (χ2v) is 6.95. The molecule has 3 rings (SSSR count). The molecule has 2 aromatic rings. The molecule has 1 fully saturated rings. The number of hydrogen-bond acceptors (Lipinski definition) is 6. The number of anilines is 1. The number of halogens is 1. The Morgan fingerprint density at radius 2 is 2.15 bits per heavy atom. The average molecular weight is 437 g/mol. The summed E-state index contributed by atoms with van der Waals surface area (Å²) < 4.78 is 7.96. The van der Waals surface area contributed by atoms with Crippen LogP contribution in [0.5, 0.6) is 5.88 Å². The zero-order chi connectivity index (χ0) is 19.1. The SMILES string of the molecule is CN=C(NCCCn1cccn1)N1CCN(c2ncc(Br)c(OC)n2)CC1. The Labute approximate surface area is 167 Å². The van der Waals surface area contributed by atoms with Gasteiger partial charge in [0.1, 0.15) is 0 Å². The molecule has 2 aromatic heterocycles. The molecule has 27 heavy (non-hydrogen) atoms. The fourth-order valence-electron chi connectivity index (χ4n) is 2.96. The molecule has 1 saturated heterocycles. The van der Waals surface area contributed by atoms with Crippen molar-refractivity contribution in [3.8, 4) is 5.88 Å². The zero-order valence-corrected chi connectivity index (χ0v) is 17.3. The van der Waals surface area contributed by atoms with Gasteiger partial charge in [0.05, 0.1) is 17.8 Å². The van der Waals surface area contributed by atoms with E-state index in [1.807, 2.05) is 24.0 Å². The van der Waals surface area contributed by atoms with Crippen molar-refractivity contribution in [3.05, 3.63) is 29.1 Å². The van der Waals surface area contributed by atoms with Gasteiger partial charge in [-0.15, -0.1) is 0 Å². The first-order valence-electron chi connectivity index (χ1n) is 8.95. The lowest BCUT2D eigenvalue weighted by Gasteiger charge is -2.36. The Bertz CT molecular complexity index is 743. The normalized spacial score (nSPS) is 15.1. The first-order chi connectivity index (χ1) is 13.2. The zero-order valence-electron chi connectivity index (χ0n) is 15.7. The van der Waals surface area contributed by atoms with Crippen LogP contribution in [0.2, 0.25) is 0 Å². The summed E-state index contributed by atoms with van der Waals surface area (Å²) in [6.07, 6.45) is 6.50. The third kappa shape index (κ3) is 5.09. The monoisotopic (exact) mass is 436 g/mol. The minimum Gasteiger partial charge on any atom is -0.480 e. The van der Waals surface area contributed by atoms with Gasteiger partial charge in [0.25, 0.3) is 0 Å². The van der Waals surface area contributed by atoms with Crippen LogP contribution in [0.1, 0.15) is 6.42 Å². The molecule has 1 N–H and O–H groups in total. The number of piperazine rings is 1. The van der Waals surface area contributed by atoms with E-state index in [-0.39, 0.29) is 0 Å². The summed E-state index contributed by atoms with van der Waals surface area (Å²) in [5, 5.41) is 7.66. The third-order valence-corrected chi connectivity index (χ3v) is 4.92. The van der Waals surface area contributed by atoms with Gasteiger partial charge in [0, 0.05) is 58.7 Å². The molecule has 1 aliphatic heterocycles. The molecule has 0 amide bonds. The number of aryl methyl sites for hydroxylation is 1. The number of aromatic nitrogens is 4. The minimum absolute atomic E-state index is 0.553. The Morgan fingerprint density at radius 3 is 2.81 bits per heavy atom. The maximum Gasteiger partial charge on any atom is 0.232 e. The Morgan fingerprint density at radius 1 is 1.33 bits per heavy atom. The molecule has 0 radical (unpaired) electrons. The highest BCUT2D eigenvalue weighted by atomic mass is 79.9. The lowest BCUT2D eigenvalue weighted by atomic mass is 10.3. The molecule has 0 aromatic carbocycles. The van der Waals surface area contributed by atoms with Crippen LogP contribution >= 0.6 is 15.9 Å². The van der Waals surface area contributed by atoms with Crippen LogP contribution in [0.4, 0.5) is 5.95 Å². The summed E-state index contributed by atoms with van der Waals surface area (Å²) in [4.78, 5) is 17.7. The molecule has 0 spiro atoms. The molecular weight excluding hydrogens is 412 g/mol. The summed E-state index contributed by atoms with van der Waals surface area (Å²) in [5.74, 6) is 2.18. The number of ether oxygens (including phenoxy) is 1. The smallest absolute Gasteiger partial charge is 0.232 e. The molecule has 9 nitrogen and oxygen atoms in total. The van der Waals surface area contributed by atoms with Crippen molar-refractivity contribution in [3.63, 3.8) is 0 Å². The summed E-state index contributed by atoms with van der Waals surface area (Å²) in [7, 11) is 3.43.